The summed E-state index contributed by atoms with van der Waals surface area (Å²) in [5.41, 5.74) is 0.616. The molecule has 9 heteroatoms. The van der Waals surface area contributed by atoms with E-state index < -0.39 is 18.1 Å². The van der Waals surface area contributed by atoms with Gasteiger partial charge in [-0.25, -0.2) is 14.8 Å². The molecule has 0 atom stereocenters. The van der Waals surface area contributed by atoms with Crippen LogP contribution in [0.15, 0.2) is 12.4 Å². The van der Waals surface area contributed by atoms with E-state index in [2.05, 4.69) is 9.97 Å². The first-order chi connectivity index (χ1) is 10.8. The average Bonchev–Trinajstić information content (AvgIpc) is 2.91. The summed E-state index contributed by atoms with van der Waals surface area (Å²) in [7, 11) is 0. The quantitative estimate of drug-likeness (QED) is 0.857. The predicted octanol–water partition coefficient (Wildman–Crippen LogP) is 2.47. The van der Waals surface area contributed by atoms with Gasteiger partial charge in [0.15, 0.2) is 0 Å². The lowest BCUT2D eigenvalue weighted by molar-refractivity contribution is -0.144. The molecule has 23 heavy (non-hydrogen) atoms. The van der Waals surface area contributed by atoms with Crippen molar-refractivity contribution in [1.82, 2.24) is 14.9 Å². The standard InChI is InChI=1S/C14H17F3N4O2/c15-14(16,17)11-18-7-10(8-19-11)21-6-3-13(9-21)1-4-20(5-2-13)12(22)23/h7-8H,1-6,9H2,(H,22,23). The molecule has 1 spiro atoms. The predicted molar refractivity (Wildman–Crippen MR) is 75.1 cm³/mol. The third-order valence-electron chi connectivity index (χ3n) is 4.79. The first-order valence-electron chi connectivity index (χ1n) is 7.41. The highest BCUT2D eigenvalue weighted by molar-refractivity contribution is 5.65. The van der Waals surface area contributed by atoms with Crippen molar-refractivity contribution >= 4 is 11.8 Å². The highest BCUT2D eigenvalue weighted by atomic mass is 19.4. The Bertz CT molecular complexity index is 583. The van der Waals surface area contributed by atoms with E-state index in [1.807, 2.05) is 4.90 Å². The van der Waals surface area contributed by atoms with E-state index >= 15 is 0 Å². The maximum absolute atomic E-state index is 12.5. The van der Waals surface area contributed by atoms with Crippen molar-refractivity contribution in [2.45, 2.75) is 25.4 Å². The smallest absolute Gasteiger partial charge is 0.451 e. The zero-order chi connectivity index (χ0) is 16.7. The molecule has 126 valence electrons. The first kappa shape index (κ1) is 15.8. The lowest BCUT2D eigenvalue weighted by Crippen LogP contribution is -2.43. The molecule has 2 aliphatic heterocycles. The van der Waals surface area contributed by atoms with E-state index in [4.69, 9.17) is 5.11 Å². The summed E-state index contributed by atoms with van der Waals surface area (Å²) in [6, 6.07) is 0. The van der Waals surface area contributed by atoms with Crippen LogP contribution >= 0.6 is 0 Å². The number of piperidine rings is 1. The second-order valence-electron chi connectivity index (χ2n) is 6.20. The molecule has 1 amide bonds. The van der Waals surface area contributed by atoms with Crippen LogP contribution in [0.5, 0.6) is 0 Å². The highest BCUT2D eigenvalue weighted by Crippen LogP contribution is 2.41. The van der Waals surface area contributed by atoms with Crippen LogP contribution < -0.4 is 4.90 Å². The minimum atomic E-state index is -4.53. The Morgan fingerprint density at radius 2 is 1.70 bits per heavy atom. The summed E-state index contributed by atoms with van der Waals surface area (Å²) < 4.78 is 37.5. The van der Waals surface area contributed by atoms with Gasteiger partial charge in [-0.1, -0.05) is 0 Å². The summed E-state index contributed by atoms with van der Waals surface area (Å²) in [5.74, 6) is -1.13. The number of hydrogen-bond donors (Lipinski definition) is 1. The van der Waals surface area contributed by atoms with Crippen LogP contribution in [-0.4, -0.2) is 52.2 Å². The number of alkyl halides is 3. The molecule has 0 bridgehead atoms. The van der Waals surface area contributed by atoms with Crippen LogP contribution in [0.2, 0.25) is 0 Å². The van der Waals surface area contributed by atoms with Gasteiger partial charge in [0.1, 0.15) is 0 Å². The number of likely N-dealkylation sites (tertiary alicyclic amines) is 1. The number of aromatic nitrogens is 2. The van der Waals surface area contributed by atoms with Gasteiger partial charge in [-0.15, -0.1) is 0 Å². The molecule has 3 heterocycles. The van der Waals surface area contributed by atoms with Gasteiger partial charge < -0.3 is 14.9 Å². The number of carbonyl (C=O) groups is 1. The van der Waals surface area contributed by atoms with Crippen molar-refractivity contribution < 1.29 is 23.1 Å². The molecule has 1 N–H and O–H groups in total. The van der Waals surface area contributed by atoms with Crippen LogP contribution in [0.25, 0.3) is 0 Å². The van der Waals surface area contributed by atoms with Crippen LogP contribution in [0.3, 0.4) is 0 Å². The number of hydrogen-bond acceptors (Lipinski definition) is 4. The Morgan fingerprint density at radius 1 is 1.13 bits per heavy atom. The monoisotopic (exact) mass is 330 g/mol. The maximum atomic E-state index is 12.5. The zero-order valence-electron chi connectivity index (χ0n) is 12.4. The average molecular weight is 330 g/mol. The molecule has 3 rings (SSSR count). The number of amides is 1. The molecular formula is C14H17F3N4O2. The number of rotatable bonds is 1. The number of anilines is 1. The number of carboxylic acid groups (broad SMARTS) is 1. The molecule has 0 radical (unpaired) electrons. The Hall–Kier alpha value is -2.06. The lowest BCUT2D eigenvalue weighted by atomic mass is 9.78. The zero-order valence-corrected chi connectivity index (χ0v) is 12.4. The molecule has 1 aromatic rings. The van der Waals surface area contributed by atoms with E-state index in [-0.39, 0.29) is 5.41 Å². The Kier molecular flexibility index (Phi) is 3.81. The van der Waals surface area contributed by atoms with Crippen LogP contribution in [0.1, 0.15) is 25.1 Å². The van der Waals surface area contributed by atoms with E-state index in [0.717, 1.165) is 25.8 Å². The SMILES string of the molecule is O=C(O)N1CCC2(CC1)CCN(c1cnc(C(F)(F)F)nc1)C2. The molecule has 0 aromatic carbocycles. The summed E-state index contributed by atoms with van der Waals surface area (Å²) in [6.45, 7) is 2.44. The topological polar surface area (TPSA) is 69.6 Å². The van der Waals surface area contributed by atoms with Gasteiger partial charge >= 0.3 is 12.3 Å². The molecular weight excluding hydrogens is 313 g/mol. The van der Waals surface area contributed by atoms with Crippen molar-refractivity contribution in [3.05, 3.63) is 18.2 Å². The largest absolute Gasteiger partial charge is 0.465 e. The van der Waals surface area contributed by atoms with Gasteiger partial charge in [0.2, 0.25) is 5.82 Å². The Morgan fingerprint density at radius 3 is 2.22 bits per heavy atom. The second kappa shape index (κ2) is 5.54. The molecule has 6 nitrogen and oxygen atoms in total. The van der Waals surface area contributed by atoms with Crippen molar-refractivity contribution in [3.8, 4) is 0 Å². The molecule has 2 saturated heterocycles. The molecule has 2 aliphatic rings. The minimum Gasteiger partial charge on any atom is -0.465 e. The third-order valence-corrected chi connectivity index (χ3v) is 4.79. The van der Waals surface area contributed by atoms with Gasteiger partial charge in [0.25, 0.3) is 0 Å². The first-order valence-corrected chi connectivity index (χ1v) is 7.41. The van der Waals surface area contributed by atoms with E-state index in [1.54, 1.807) is 0 Å². The number of nitrogens with zero attached hydrogens (tertiary/aromatic N) is 4. The van der Waals surface area contributed by atoms with Crippen molar-refractivity contribution in [1.29, 1.82) is 0 Å². The summed E-state index contributed by atoms with van der Waals surface area (Å²) in [4.78, 5) is 21.2. The Labute approximate surface area is 130 Å². The minimum absolute atomic E-state index is 0.0364. The van der Waals surface area contributed by atoms with Crippen molar-refractivity contribution in [3.63, 3.8) is 0 Å². The van der Waals surface area contributed by atoms with Crippen molar-refractivity contribution in [2.75, 3.05) is 31.1 Å². The molecule has 1 aromatic heterocycles. The van der Waals surface area contributed by atoms with E-state index in [1.165, 1.54) is 17.3 Å². The van der Waals surface area contributed by atoms with Crippen molar-refractivity contribution in [2.24, 2.45) is 5.41 Å². The van der Waals surface area contributed by atoms with Gasteiger partial charge in [0, 0.05) is 26.2 Å². The fourth-order valence-electron chi connectivity index (χ4n) is 3.37. The summed E-state index contributed by atoms with van der Waals surface area (Å²) in [6.07, 6.45) is -0.557. The molecule has 2 fully saturated rings. The summed E-state index contributed by atoms with van der Waals surface area (Å²) >= 11 is 0. The van der Waals surface area contributed by atoms with Crippen LogP contribution in [0, 0.1) is 5.41 Å². The second-order valence-corrected chi connectivity index (χ2v) is 6.20. The third kappa shape index (κ3) is 3.18. The van der Waals surface area contributed by atoms with Gasteiger partial charge in [-0.3, -0.25) is 0 Å². The van der Waals surface area contributed by atoms with Gasteiger partial charge in [-0.05, 0) is 24.7 Å². The van der Waals surface area contributed by atoms with Crippen LogP contribution in [-0.2, 0) is 6.18 Å². The van der Waals surface area contributed by atoms with E-state index in [0.29, 0.717) is 25.3 Å². The van der Waals surface area contributed by atoms with E-state index in [9.17, 15) is 18.0 Å². The lowest BCUT2D eigenvalue weighted by Gasteiger charge is -2.38. The maximum Gasteiger partial charge on any atom is 0.451 e. The number of halogens is 3. The van der Waals surface area contributed by atoms with Gasteiger partial charge in [-0.2, -0.15) is 13.2 Å². The Balaban J connectivity index is 1.65. The fraction of sp³-hybridized carbons (Fsp3) is 0.643. The molecule has 0 unspecified atom stereocenters. The highest BCUT2D eigenvalue weighted by Gasteiger charge is 2.42. The summed E-state index contributed by atoms with van der Waals surface area (Å²) in [5, 5.41) is 9.00. The van der Waals surface area contributed by atoms with Crippen LogP contribution in [0.4, 0.5) is 23.7 Å². The molecule has 0 aliphatic carbocycles. The normalized spacial score (nSPS) is 21.0. The fourth-order valence-corrected chi connectivity index (χ4v) is 3.37. The van der Waals surface area contributed by atoms with Gasteiger partial charge in [0.05, 0.1) is 18.1 Å². The molecule has 0 saturated carbocycles.